The number of nitrogens with one attached hydrogen (secondary N) is 1. The van der Waals surface area contributed by atoms with Crippen molar-refractivity contribution in [2.45, 2.75) is 26.2 Å². The zero-order valence-electron chi connectivity index (χ0n) is 12.7. The fourth-order valence-corrected chi connectivity index (χ4v) is 2.19. The molecule has 4 heteroatoms. The van der Waals surface area contributed by atoms with E-state index in [1.165, 1.54) is 0 Å². The number of aliphatic hydroxyl groups excluding tert-OH is 1. The summed E-state index contributed by atoms with van der Waals surface area (Å²) >= 11 is 0. The highest BCUT2D eigenvalue weighted by Crippen LogP contribution is 2.13. The van der Waals surface area contributed by atoms with Crippen molar-refractivity contribution in [2.24, 2.45) is 5.92 Å². The lowest BCUT2D eigenvalue weighted by atomic mass is 10.00. The van der Waals surface area contributed by atoms with Crippen molar-refractivity contribution < 1.29 is 9.90 Å². The number of carbonyl (C=O) groups excluding carboxylic acids is 1. The Kier molecular flexibility index (Phi) is 7.09. The van der Waals surface area contributed by atoms with E-state index in [0.717, 1.165) is 24.9 Å². The van der Waals surface area contributed by atoms with Crippen molar-refractivity contribution >= 4 is 11.6 Å². The van der Waals surface area contributed by atoms with E-state index in [0.29, 0.717) is 18.0 Å². The summed E-state index contributed by atoms with van der Waals surface area (Å²) in [5.74, 6) is 0.310. The second-order valence-corrected chi connectivity index (χ2v) is 5.32. The number of anilines is 1. The van der Waals surface area contributed by atoms with Crippen LogP contribution in [0.1, 0.15) is 36.5 Å². The third-order valence-corrected chi connectivity index (χ3v) is 3.43. The van der Waals surface area contributed by atoms with E-state index in [-0.39, 0.29) is 12.5 Å². The minimum absolute atomic E-state index is 0.0469. The summed E-state index contributed by atoms with van der Waals surface area (Å²) in [6, 6.07) is 7.55. The summed E-state index contributed by atoms with van der Waals surface area (Å²) < 4.78 is 0. The number of hydrogen-bond acceptors (Lipinski definition) is 3. The van der Waals surface area contributed by atoms with Crippen LogP contribution in [-0.2, 0) is 0 Å². The Labute approximate surface area is 121 Å². The average Bonchev–Trinajstić information content (AvgIpc) is 2.45. The number of amides is 1. The van der Waals surface area contributed by atoms with E-state index in [9.17, 15) is 4.79 Å². The van der Waals surface area contributed by atoms with E-state index < -0.39 is 0 Å². The lowest BCUT2D eigenvalue weighted by Crippen LogP contribution is -2.29. The first-order valence-electron chi connectivity index (χ1n) is 7.25. The van der Waals surface area contributed by atoms with Crippen LogP contribution in [0.2, 0.25) is 0 Å². The highest BCUT2D eigenvalue weighted by atomic mass is 16.3. The van der Waals surface area contributed by atoms with Crippen LogP contribution in [0.15, 0.2) is 24.3 Å². The Morgan fingerprint density at radius 1 is 1.25 bits per heavy atom. The first-order valence-corrected chi connectivity index (χ1v) is 7.25. The maximum Gasteiger partial charge on any atom is 0.251 e. The molecule has 4 nitrogen and oxygen atoms in total. The predicted octanol–water partition coefficient (Wildman–Crippen LogP) is 2.28. The summed E-state index contributed by atoms with van der Waals surface area (Å²) in [5, 5.41) is 12.0. The van der Waals surface area contributed by atoms with Gasteiger partial charge in [-0.2, -0.15) is 0 Å². The molecule has 0 saturated carbocycles. The maximum absolute atomic E-state index is 12.1. The van der Waals surface area contributed by atoms with Crippen LogP contribution in [0.3, 0.4) is 0 Å². The molecule has 0 fully saturated rings. The molecule has 1 rings (SSSR count). The van der Waals surface area contributed by atoms with Crippen molar-refractivity contribution in [3.05, 3.63) is 29.8 Å². The molecule has 0 aromatic heterocycles. The number of rotatable bonds is 8. The van der Waals surface area contributed by atoms with Gasteiger partial charge in [-0.05, 0) is 43.0 Å². The van der Waals surface area contributed by atoms with Gasteiger partial charge in [-0.1, -0.05) is 13.3 Å². The van der Waals surface area contributed by atoms with Crippen LogP contribution >= 0.6 is 0 Å². The maximum atomic E-state index is 12.1. The van der Waals surface area contributed by atoms with Gasteiger partial charge in [0.2, 0.25) is 0 Å². The smallest absolute Gasteiger partial charge is 0.251 e. The molecule has 1 unspecified atom stereocenters. The molecule has 0 heterocycles. The molecule has 0 aliphatic heterocycles. The minimum Gasteiger partial charge on any atom is -0.396 e. The second kappa shape index (κ2) is 8.59. The van der Waals surface area contributed by atoms with Crippen LogP contribution in [0.25, 0.3) is 0 Å². The Bertz CT molecular complexity index is 395. The van der Waals surface area contributed by atoms with E-state index in [1.807, 2.05) is 43.3 Å². The first-order chi connectivity index (χ1) is 9.58. The lowest BCUT2D eigenvalue weighted by molar-refractivity contribution is 0.0943. The number of hydrogen-bond donors (Lipinski definition) is 2. The second-order valence-electron chi connectivity index (χ2n) is 5.32. The Morgan fingerprint density at radius 2 is 1.90 bits per heavy atom. The Morgan fingerprint density at radius 3 is 2.40 bits per heavy atom. The minimum atomic E-state index is -0.0469. The number of carbonyl (C=O) groups is 1. The fourth-order valence-electron chi connectivity index (χ4n) is 2.19. The van der Waals surface area contributed by atoms with Gasteiger partial charge in [-0.15, -0.1) is 0 Å². The summed E-state index contributed by atoms with van der Waals surface area (Å²) in [4.78, 5) is 14.1. The number of benzene rings is 1. The van der Waals surface area contributed by atoms with Gasteiger partial charge in [0.25, 0.3) is 5.91 Å². The van der Waals surface area contributed by atoms with Crippen molar-refractivity contribution in [1.29, 1.82) is 0 Å². The van der Waals surface area contributed by atoms with Crippen molar-refractivity contribution in [3.8, 4) is 0 Å². The molecule has 1 atom stereocenters. The fraction of sp³-hybridized carbons (Fsp3) is 0.562. The number of aliphatic hydroxyl groups is 1. The molecule has 20 heavy (non-hydrogen) atoms. The lowest BCUT2D eigenvalue weighted by Gasteiger charge is -2.16. The SMILES string of the molecule is CCCC(CCO)CNC(=O)c1ccc(N(C)C)cc1. The van der Waals surface area contributed by atoms with Crippen LogP contribution in [0, 0.1) is 5.92 Å². The van der Waals surface area contributed by atoms with Gasteiger partial charge in [0.15, 0.2) is 0 Å². The van der Waals surface area contributed by atoms with Gasteiger partial charge in [-0.25, -0.2) is 0 Å². The molecule has 1 aromatic carbocycles. The van der Waals surface area contributed by atoms with Crippen molar-refractivity contribution in [1.82, 2.24) is 5.32 Å². The molecular weight excluding hydrogens is 252 g/mol. The zero-order chi connectivity index (χ0) is 15.0. The van der Waals surface area contributed by atoms with Gasteiger partial charge in [0.05, 0.1) is 0 Å². The molecule has 0 bridgehead atoms. The predicted molar refractivity (Wildman–Crippen MR) is 83.2 cm³/mol. The molecule has 0 spiro atoms. The van der Waals surface area contributed by atoms with Crippen LogP contribution < -0.4 is 10.2 Å². The van der Waals surface area contributed by atoms with Gasteiger partial charge in [0, 0.05) is 38.5 Å². The van der Waals surface area contributed by atoms with Gasteiger partial charge in [0.1, 0.15) is 0 Å². The third kappa shape index (κ3) is 5.21. The van der Waals surface area contributed by atoms with E-state index in [1.54, 1.807) is 0 Å². The largest absolute Gasteiger partial charge is 0.396 e. The molecule has 1 amide bonds. The van der Waals surface area contributed by atoms with E-state index in [2.05, 4.69) is 12.2 Å². The topological polar surface area (TPSA) is 52.6 Å². The summed E-state index contributed by atoms with van der Waals surface area (Å²) in [5.41, 5.74) is 1.75. The first kappa shape index (κ1) is 16.5. The van der Waals surface area contributed by atoms with Crippen LogP contribution in [0.5, 0.6) is 0 Å². The van der Waals surface area contributed by atoms with Gasteiger partial charge >= 0.3 is 0 Å². The highest BCUT2D eigenvalue weighted by molar-refractivity contribution is 5.94. The summed E-state index contributed by atoms with van der Waals surface area (Å²) in [6.45, 7) is 2.92. The standard InChI is InChI=1S/C16H26N2O2/c1-4-5-13(10-11-19)12-17-16(20)14-6-8-15(9-7-14)18(2)3/h6-9,13,19H,4-5,10-12H2,1-3H3,(H,17,20). The summed E-state index contributed by atoms with van der Waals surface area (Å²) in [6.07, 6.45) is 2.84. The highest BCUT2D eigenvalue weighted by Gasteiger charge is 2.10. The van der Waals surface area contributed by atoms with E-state index >= 15 is 0 Å². The Hall–Kier alpha value is -1.55. The number of nitrogens with zero attached hydrogens (tertiary/aromatic N) is 1. The summed E-state index contributed by atoms with van der Waals surface area (Å²) in [7, 11) is 3.94. The molecule has 112 valence electrons. The van der Waals surface area contributed by atoms with Crippen LogP contribution in [-0.4, -0.2) is 38.3 Å². The molecule has 0 aliphatic carbocycles. The molecule has 1 aromatic rings. The molecule has 0 aliphatic rings. The average molecular weight is 278 g/mol. The van der Waals surface area contributed by atoms with Crippen molar-refractivity contribution in [3.63, 3.8) is 0 Å². The van der Waals surface area contributed by atoms with Gasteiger partial charge < -0.3 is 15.3 Å². The molecule has 2 N–H and O–H groups in total. The third-order valence-electron chi connectivity index (χ3n) is 3.43. The molecular formula is C16H26N2O2. The molecule has 0 saturated heterocycles. The monoisotopic (exact) mass is 278 g/mol. The van der Waals surface area contributed by atoms with Crippen molar-refractivity contribution in [2.75, 3.05) is 32.1 Å². The zero-order valence-corrected chi connectivity index (χ0v) is 12.7. The van der Waals surface area contributed by atoms with E-state index in [4.69, 9.17) is 5.11 Å². The van der Waals surface area contributed by atoms with Gasteiger partial charge in [-0.3, -0.25) is 4.79 Å². The quantitative estimate of drug-likeness (QED) is 0.767. The Balaban J connectivity index is 2.53. The molecule has 0 radical (unpaired) electrons. The van der Waals surface area contributed by atoms with Crippen LogP contribution in [0.4, 0.5) is 5.69 Å². The normalized spacial score (nSPS) is 12.0.